The van der Waals surface area contributed by atoms with E-state index in [0.717, 1.165) is 30.5 Å². The van der Waals surface area contributed by atoms with Crippen LogP contribution in [0.3, 0.4) is 0 Å². The van der Waals surface area contributed by atoms with Crippen molar-refractivity contribution in [2.24, 2.45) is 10.9 Å². The minimum absolute atomic E-state index is 0. The number of phenols is 1. The van der Waals surface area contributed by atoms with Crippen molar-refractivity contribution < 1.29 is 9.50 Å². The molecule has 4 nitrogen and oxygen atoms in total. The number of rotatable bonds is 2. The van der Waals surface area contributed by atoms with Gasteiger partial charge in [0.1, 0.15) is 0 Å². The quantitative estimate of drug-likeness (QED) is 0.450. The van der Waals surface area contributed by atoms with Crippen LogP contribution in [-0.2, 0) is 6.54 Å². The van der Waals surface area contributed by atoms with Gasteiger partial charge in [-0.3, -0.25) is 4.99 Å². The van der Waals surface area contributed by atoms with Gasteiger partial charge < -0.3 is 15.3 Å². The number of halogens is 2. The van der Waals surface area contributed by atoms with Gasteiger partial charge >= 0.3 is 0 Å². The van der Waals surface area contributed by atoms with E-state index in [2.05, 4.69) is 22.1 Å². The Bertz CT molecular complexity index is 488. The maximum atomic E-state index is 13.3. The fourth-order valence-electron chi connectivity index (χ4n) is 2.39. The van der Waals surface area contributed by atoms with E-state index in [9.17, 15) is 4.39 Å². The molecule has 1 fully saturated rings. The zero-order valence-electron chi connectivity index (χ0n) is 12.5. The van der Waals surface area contributed by atoms with Gasteiger partial charge in [0.05, 0.1) is 0 Å². The Morgan fingerprint density at radius 3 is 2.67 bits per heavy atom. The van der Waals surface area contributed by atoms with Crippen LogP contribution in [0.25, 0.3) is 0 Å². The summed E-state index contributed by atoms with van der Waals surface area (Å²) in [7, 11) is 1.76. The van der Waals surface area contributed by atoms with Crippen LogP contribution in [-0.4, -0.2) is 36.1 Å². The first-order chi connectivity index (χ1) is 9.60. The third-order valence-electron chi connectivity index (χ3n) is 3.76. The molecule has 118 valence electrons. The Balaban J connectivity index is 0.00000220. The second-order valence-electron chi connectivity index (χ2n) is 5.36. The lowest BCUT2D eigenvalue weighted by Gasteiger charge is -2.32. The molecule has 1 aromatic carbocycles. The molecule has 1 aliphatic heterocycles. The van der Waals surface area contributed by atoms with E-state index < -0.39 is 5.82 Å². The fraction of sp³-hybridized carbons (Fsp3) is 0.533. The molecule has 21 heavy (non-hydrogen) atoms. The largest absolute Gasteiger partial charge is 0.505 e. The van der Waals surface area contributed by atoms with Crippen molar-refractivity contribution in [3.05, 3.63) is 29.6 Å². The predicted octanol–water partition coefficient (Wildman–Crippen LogP) is 2.96. The topological polar surface area (TPSA) is 47.9 Å². The van der Waals surface area contributed by atoms with Crippen LogP contribution in [0.15, 0.2) is 23.2 Å². The van der Waals surface area contributed by atoms with Crippen LogP contribution in [0.1, 0.15) is 25.3 Å². The van der Waals surface area contributed by atoms with Crippen LogP contribution >= 0.6 is 24.0 Å². The lowest BCUT2D eigenvalue weighted by Crippen LogP contribution is -2.45. The Kier molecular flexibility index (Phi) is 7.21. The van der Waals surface area contributed by atoms with Crippen molar-refractivity contribution in [2.75, 3.05) is 20.1 Å². The van der Waals surface area contributed by atoms with Gasteiger partial charge in [0.15, 0.2) is 17.5 Å². The Morgan fingerprint density at radius 2 is 2.10 bits per heavy atom. The van der Waals surface area contributed by atoms with Gasteiger partial charge in [-0.2, -0.15) is 0 Å². The second kappa shape index (κ2) is 8.41. The van der Waals surface area contributed by atoms with Crippen LogP contribution in [0.4, 0.5) is 4.39 Å². The highest BCUT2D eigenvalue weighted by molar-refractivity contribution is 14.0. The smallest absolute Gasteiger partial charge is 0.193 e. The summed E-state index contributed by atoms with van der Waals surface area (Å²) in [5.41, 5.74) is 0.784. The minimum Gasteiger partial charge on any atom is -0.505 e. The molecule has 1 heterocycles. The van der Waals surface area contributed by atoms with Crippen molar-refractivity contribution in [1.29, 1.82) is 0 Å². The molecule has 0 amide bonds. The number of hydrogen-bond acceptors (Lipinski definition) is 2. The predicted molar refractivity (Wildman–Crippen MR) is 93.6 cm³/mol. The van der Waals surface area contributed by atoms with Gasteiger partial charge in [0.2, 0.25) is 0 Å². The van der Waals surface area contributed by atoms with E-state index >= 15 is 0 Å². The highest BCUT2D eigenvalue weighted by atomic mass is 127. The van der Waals surface area contributed by atoms with Crippen molar-refractivity contribution in [3.63, 3.8) is 0 Å². The molecule has 0 spiro atoms. The minimum atomic E-state index is -0.592. The van der Waals surface area contributed by atoms with Crippen LogP contribution in [0.2, 0.25) is 0 Å². The Labute approximate surface area is 142 Å². The molecule has 1 aliphatic rings. The maximum Gasteiger partial charge on any atom is 0.193 e. The second-order valence-corrected chi connectivity index (χ2v) is 5.36. The summed E-state index contributed by atoms with van der Waals surface area (Å²) in [5.74, 6) is 0.718. The van der Waals surface area contributed by atoms with Crippen molar-refractivity contribution in [2.45, 2.75) is 26.3 Å². The number of phenolic OH excluding ortho intramolecular Hbond substituents is 1. The summed E-state index contributed by atoms with van der Waals surface area (Å²) in [6.45, 7) is 4.78. The monoisotopic (exact) mass is 407 g/mol. The summed E-state index contributed by atoms with van der Waals surface area (Å²) in [6, 6.07) is 4.42. The molecular weight excluding hydrogens is 384 g/mol. The van der Waals surface area contributed by atoms with Crippen molar-refractivity contribution >= 4 is 29.9 Å². The summed E-state index contributed by atoms with van der Waals surface area (Å²) in [6.07, 6.45) is 2.35. The van der Waals surface area contributed by atoms with Gasteiger partial charge in [0, 0.05) is 26.7 Å². The zero-order chi connectivity index (χ0) is 14.5. The fourth-order valence-corrected chi connectivity index (χ4v) is 2.39. The molecule has 0 saturated carbocycles. The molecule has 0 bridgehead atoms. The van der Waals surface area contributed by atoms with Gasteiger partial charge in [-0.1, -0.05) is 13.0 Å². The van der Waals surface area contributed by atoms with Gasteiger partial charge in [-0.25, -0.2) is 4.39 Å². The van der Waals surface area contributed by atoms with Crippen molar-refractivity contribution in [3.8, 4) is 5.75 Å². The van der Waals surface area contributed by atoms with E-state index in [1.54, 1.807) is 13.1 Å². The number of piperidine rings is 1. The molecule has 1 saturated heterocycles. The molecule has 2 rings (SSSR count). The molecular formula is C15H23FIN3O. The van der Waals surface area contributed by atoms with E-state index in [1.807, 2.05) is 0 Å². The van der Waals surface area contributed by atoms with Crippen LogP contribution in [0, 0.1) is 11.7 Å². The standard InChI is InChI=1S/C15H22FN3O.HI/c1-11-5-7-19(8-6-11)15(17-2)18-10-12-3-4-14(20)13(16)9-12;/h3-4,9,11,20H,5-8,10H2,1-2H3,(H,17,18);1H. The highest BCUT2D eigenvalue weighted by Crippen LogP contribution is 2.17. The molecule has 0 radical (unpaired) electrons. The average Bonchev–Trinajstić information content (AvgIpc) is 2.45. The number of benzene rings is 1. The summed E-state index contributed by atoms with van der Waals surface area (Å²) in [5, 5.41) is 12.4. The van der Waals surface area contributed by atoms with Gasteiger partial charge in [0.25, 0.3) is 0 Å². The molecule has 1 aromatic rings. The summed E-state index contributed by atoms with van der Waals surface area (Å²) >= 11 is 0. The van der Waals surface area contributed by atoms with E-state index in [4.69, 9.17) is 5.11 Å². The lowest BCUT2D eigenvalue weighted by atomic mass is 9.99. The number of nitrogens with zero attached hydrogens (tertiary/aromatic N) is 2. The highest BCUT2D eigenvalue weighted by Gasteiger charge is 2.18. The van der Waals surface area contributed by atoms with Crippen LogP contribution < -0.4 is 5.32 Å². The normalized spacial score (nSPS) is 16.5. The number of aromatic hydroxyl groups is 1. The van der Waals surface area contributed by atoms with E-state index in [0.29, 0.717) is 6.54 Å². The number of likely N-dealkylation sites (tertiary alicyclic amines) is 1. The first-order valence-electron chi connectivity index (χ1n) is 7.03. The maximum absolute atomic E-state index is 13.3. The number of guanidine groups is 1. The number of nitrogens with one attached hydrogen (secondary N) is 1. The van der Waals surface area contributed by atoms with E-state index in [-0.39, 0.29) is 29.7 Å². The summed E-state index contributed by atoms with van der Waals surface area (Å²) in [4.78, 5) is 6.51. The molecule has 0 aliphatic carbocycles. The number of aliphatic imine (C=N–C) groups is 1. The summed E-state index contributed by atoms with van der Waals surface area (Å²) < 4.78 is 13.3. The van der Waals surface area contributed by atoms with Crippen LogP contribution in [0.5, 0.6) is 5.75 Å². The third-order valence-corrected chi connectivity index (χ3v) is 3.76. The SMILES string of the molecule is CN=C(NCc1ccc(O)c(F)c1)N1CCC(C)CC1.I. The lowest BCUT2D eigenvalue weighted by molar-refractivity contribution is 0.273. The first-order valence-corrected chi connectivity index (χ1v) is 7.03. The average molecular weight is 407 g/mol. The molecule has 0 unspecified atom stereocenters. The van der Waals surface area contributed by atoms with Gasteiger partial charge in [-0.05, 0) is 36.5 Å². The first kappa shape index (κ1) is 18.0. The van der Waals surface area contributed by atoms with Gasteiger partial charge in [-0.15, -0.1) is 24.0 Å². The molecule has 2 N–H and O–H groups in total. The Morgan fingerprint density at radius 1 is 1.43 bits per heavy atom. The van der Waals surface area contributed by atoms with Crippen molar-refractivity contribution in [1.82, 2.24) is 10.2 Å². The molecule has 6 heteroatoms. The van der Waals surface area contributed by atoms with E-state index in [1.165, 1.54) is 25.0 Å². The third kappa shape index (κ3) is 5.01. The Hall–Kier alpha value is -1.05. The number of hydrogen-bond donors (Lipinski definition) is 2. The molecule has 0 aromatic heterocycles. The molecule has 0 atom stereocenters. The zero-order valence-corrected chi connectivity index (χ0v) is 14.8.